The van der Waals surface area contributed by atoms with Gasteiger partial charge in [-0.15, -0.1) is 0 Å². The summed E-state index contributed by atoms with van der Waals surface area (Å²) in [4.78, 5) is 13.0. The number of amides is 1. The van der Waals surface area contributed by atoms with Gasteiger partial charge in [-0.1, -0.05) is 25.3 Å². The molecular formula is C11H15NO. The molecule has 0 spiro atoms. The van der Waals surface area contributed by atoms with Crippen LogP contribution in [0.25, 0.3) is 0 Å². The molecule has 1 aliphatic heterocycles. The summed E-state index contributed by atoms with van der Waals surface area (Å²) in [6.07, 6.45) is 1.37. The van der Waals surface area contributed by atoms with Crippen molar-refractivity contribution in [2.24, 2.45) is 0 Å². The van der Waals surface area contributed by atoms with Gasteiger partial charge < -0.3 is 4.90 Å². The van der Waals surface area contributed by atoms with Gasteiger partial charge in [0.25, 0.3) is 0 Å². The normalized spacial score (nSPS) is 16.5. The minimum absolute atomic E-state index is 0.146. The van der Waals surface area contributed by atoms with Gasteiger partial charge in [-0.3, -0.25) is 4.79 Å². The van der Waals surface area contributed by atoms with Gasteiger partial charge in [0.1, 0.15) is 0 Å². The van der Waals surface area contributed by atoms with Crippen LogP contribution in [0.1, 0.15) is 19.8 Å². The van der Waals surface area contributed by atoms with Crippen LogP contribution in [0.5, 0.6) is 0 Å². The van der Waals surface area contributed by atoms with Crippen LogP contribution in [0.2, 0.25) is 0 Å². The summed E-state index contributed by atoms with van der Waals surface area (Å²) >= 11 is 0. The van der Waals surface area contributed by atoms with Gasteiger partial charge in [-0.05, 0) is 18.9 Å². The van der Waals surface area contributed by atoms with Crippen LogP contribution in [-0.2, 0) is 4.79 Å². The van der Waals surface area contributed by atoms with Crippen LogP contribution in [0.3, 0.4) is 0 Å². The van der Waals surface area contributed by atoms with Gasteiger partial charge in [0.15, 0.2) is 0 Å². The second-order valence-corrected chi connectivity index (χ2v) is 3.43. The molecule has 70 valence electrons. The molecule has 2 nitrogen and oxygen atoms in total. The maximum Gasteiger partial charge on any atom is 0.227 e. The van der Waals surface area contributed by atoms with Gasteiger partial charge in [0, 0.05) is 12.1 Å². The van der Waals surface area contributed by atoms with Crippen LogP contribution in [0, 0.1) is 0 Å². The highest BCUT2D eigenvalue weighted by molar-refractivity contribution is 5.81. The number of carbonyl (C=O) groups excluding carboxylic acids is 1. The lowest BCUT2D eigenvalue weighted by atomic mass is 10.1. The maximum absolute atomic E-state index is 11.3. The molecule has 1 saturated heterocycles. The largest absolute Gasteiger partial charge is 0.312 e. The summed E-state index contributed by atoms with van der Waals surface area (Å²) in [5.41, 5.74) is 2.72. The molecule has 0 bridgehead atoms. The summed E-state index contributed by atoms with van der Waals surface area (Å²) in [5, 5.41) is 0. The van der Waals surface area contributed by atoms with E-state index in [9.17, 15) is 4.79 Å². The molecule has 0 aliphatic carbocycles. The van der Waals surface area contributed by atoms with E-state index >= 15 is 0 Å². The molecule has 0 radical (unpaired) electrons. The number of likely N-dealkylation sites (tertiary alicyclic amines) is 1. The fourth-order valence-corrected chi connectivity index (χ4v) is 1.22. The summed E-state index contributed by atoms with van der Waals surface area (Å²) in [6.45, 7) is 13.9. The van der Waals surface area contributed by atoms with Crippen LogP contribution in [0.15, 0.2) is 36.6 Å². The van der Waals surface area contributed by atoms with Crippen LogP contribution in [-0.4, -0.2) is 17.4 Å². The Hall–Kier alpha value is -1.31. The van der Waals surface area contributed by atoms with E-state index in [2.05, 4.69) is 19.7 Å². The van der Waals surface area contributed by atoms with E-state index in [1.165, 1.54) is 0 Å². The van der Waals surface area contributed by atoms with Crippen LogP contribution >= 0.6 is 0 Å². The van der Waals surface area contributed by atoms with Crippen molar-refractivity contribution >= 4 is 5.91 Å². The predicted molar refractivity (Wildman–Crippen MR) is 54.0 cm³/mol. The maximum atomic E-state index is 11.3. The first-order chi connectivity index (χ1) is 6.02. The van der Waals surface area contributed by atoms with E-state index < -0.39 is 0 Å². The van der Waals surface area contributed by atoms with E-state index in [1.807, 2.05) is 6.92 Å². The lowest BCUT2D eigenvalue weighted by molar-refractivity contribution is -0.126. The second-order valence-electron chi connectivity index (χ2n) is 3.43. The number of rotatable bonds is 3. The van der Waals surface area contributed by atoms with Crippen LogP contribution < -0.4 is 0 Å². The van der Waals surface area contributed by atoms with Crippen molar-refractivity contribution in [2.45, 2.75) is 19.8 Å². The van der Waals surface area contributed by atoms with Crippen molar-refractivity contribution < 1.29 is 4.79 Å². The molecule has 1 aliphatic rings. The van der Waals surface area contributed by atoms with Crippen molar-refractivity contribution in [1.29, 1.82) is 0 Å². The molecule has 0 unspecified atom stereocenters. The second kappa shape index (κ2) is 3.60. The Morgan fingerprint density at radius 3 is 2.46 bits per heavy atom. The number of hydrogen-bond acceptors (Lipinski definition) is 1. The molecule has 1 fully saturated rings. The van der Waals surface area contributed by atoms with Gasteiger partial charge in [0.2, 0.25) is 5.91 Å². The molecule has 1 heterocycles. The Bertz CT molecular complexity index is 272. The Balaban J connectivity index is 2.63. The van der Waals surface area contributed by atoms with E-state index in [0.717, 1.165) is 23.3 Å². The topological polar surface area (TPSA) is 20.3 Å². The zero-order valence-electron chi connectivity index (χ0n) is 8.10. The number of carbonyl (C=O) groups is 1. The van der Waals surface area contributed by atoms with Gasteiger partial charge >= 0.3 is 0 Å². The highest BCUT2D eigenvalue weighted by Gasteiger charge is 2.24. The molecule has 2 heteroatoms. The Morgan fingerprint density at radius 1 is 1.46 bits per heavy atom. The molecule has 0 N–H and O–H groups in total. The summed E-state index contributed by atoms with van der Waals surface area (Å²) in [5.74, 6) is 0.146. The first kappa shape index (κ1) is 9.78. The quantitative estimate of drug-likeness (QED) is 0.605. The third kappa shape index (κ3) is 2.08. The first-order valence-electron chi connectivity index (χ1n) is 4.34. The van der Waals surface area contributed by atoms with Crippen molar-refractivity contribution in [1.82, 2.24) is 4.90 Å². The average molecular weight is 177 g/mol. The van der Waals surface area contributed by atoms with Crippen LogP contribution in [0.4, 0.5) is 0 Å². The van der Waals surface area contributed by atoms with Crippen molar-refractivity contribution in [2.75, 3.05) is 6.54 Å². The minimum atomic E-state index is 0.146. The molecule has 0 aromatic rings. The van der Waals surface area contributed by atoms with Crippen molar-refractivity contribution in [3.8, 4) is 0 Å². The Kier molecular flexibility index (Phi) is 2.71. The molecule has 1 rings (SSSR count). The fourth-order valence-electron chi connectivity index (χ4n) is 1.22. The fraction of sp³-hybridized carbons (Fsp3) is 0.364. The van der Waals surface area contributed by atoms with Gasteiger partial charge in [-0.2, -0.15) is 0 Å². The number of nitrogens with zero attached hydrogens (tertiary/aromatic N) is 1. The third-order valence-corrected chi connectivity index (χ3v) is 2.26. The highest BCUT2D eigenvalue weighted by Crippen LogP contribution is 2.22. The van der Waals surface area contributed by atoms with Gasteiger partial charge in [0.05, 0.1) is 6.54 Å². The van der Waals surface area contributed by atoms with Crippen molar-refractivity contribution in [3.05, 3.63) is 36.6 Å². The van der Waals surface area contributed by atoms with E-state index in [0.29, 0.717) is 13.0 Å². The standard InChI is InChI=1S/C11H15NO/c1-8(2)9(3)7-12-10(4)5-6-11(12)13/h1,3-7H2,2H3. The van der Waals surface area contributed by atoms with E-state index in [1.54, 1.807) is 4.90 Å². The minimum Gasteiger partial charge on any atom is -0.312 e. The van der Waals surface area contributed by atoms with Crippen molar-refractivity contribution in [3.63, 3.8) is 0 Å². The molecule has 1 amide bonds. The molecule has 0 aromatic carbocycles. The number of hydrogen-bond donors (Lipinski definition) is 0. The predicted octanol–water partition coefficient (Wildman–Crippen LogP) is 2.25. The summed E-state index contributed by atoms with van der Waals surface area (Å²) in [7, 11) is 0. The monoisotopic (exact) mass is 177 g/mol. The van der Waals surface area contributed by atoms with E-state index in [-0.39, 0.29) is 5.91 Å². The zero-order chi connectivity index (χ0) is 10.0. The smallest absolute Gasteiger partial charge is 0.227 e. The average Bonchev–Trinajstić information content (AvgIpc) is 2.35. The van der Waals surface area contributed by atoms with Gasteiger partial charge in [-0.25, -0.2) is 0 Å². The number of allylic oxidation sites excluding steroid dienone is 1. The first-order valence-corrected chi connectivity index (χ1v) is 4.34. The Morgan fingerprint density at radius 2 is 2.08 bits per heavy atom. The lowest BCUT2D eigenvalue weighted by Crippen LogP contribution is -2.25. The Labute approximate surface area is 79.2 Å². The summed E-state index contributed by atoms with van der Waals surface area (Å²) < 4.78 is 0. The molecule has 0 atom stereocenters. The summed E-state index contributed by atoms with van der Waals surface area (Å²) in [6, 6.07) is 0. The van der Waals surface area contributed by atoms with E-state index in [4.69, 9.17) is 0 Å². The third-order valence-electron chi connectivity index (χ3n) is 2.26. The molecular weight excluding hydrogens is 162 g/mol. The lowest BCUT2D eigenvalue weighted by Gasteiger charge is -2.18. The molecule has 0 aromatic heterocycles. The molecule has 13 heavy (non-hydrogen) atoms. The molecule has 0 saturated carbocycles. The zero-order valence-corrected chi connectivity index (χ0v) is 8.10. The SMILES string of the molecule is C=C(C)C(=C)CN1C(=C)CCC1=O. The highest BCUT2D eigenvalue weighted by atomic mass is 16.2.